The molecule has 0 saturated heterocycles. The number of hydrogen-bond donors (Lipinski definition) is 0. The molecule has 0 radical (unpaired) electrons. The van der Waals surface area contributed by atoms with Gasteiger partial charge in [-0.2, -0.15) is 0 Å². The highest BCUT2D eigenvalue weighted by molar-refractivity contribution is 7.91. The number of aryl methyl sites for hydroxylation is 1. The molecule has 27 heavy (non-hydrogen) atoms. The van der Waals surface area contributed by atoms with E-state index in [1.807, 2.05) is 37.3 Å². The molecule has 0 fully saturated rings. The second kappa shape index (κ2) is 8.18. The zero-order valence-corrected chi connectivity index (χ0v) is 15.9. The van der Waals surface area contributed by atoms with Gasteiger partial charge in [0.1, 0.15) is 12.4 Å². The van der Waals surface area contributed by atoms with E-state index in [0.717, 1.165) is 11.1 Å². The molecule has 5 heteroatoms. The summed E-state index contributed by atoms with van der Waals surface area (Å²) in [7, 11) is -3.66. The van der Waals surface area contributed by atoms with E-state index in [0.29, 0.717) is 17.9 Å². The van der Waals surface area contributed by atoms with Crippen molar-refractivity contribution in [3.05, 3.63) is 95.6 Å². The fraction of sp³-hybridized carbons (Fsp3) is 0.136. The Morgan fingerprint density at radius 1 is 0.926 bits per heavy atom. The molecule has 1 unspecified atom stereocenters. The van der Waals surface area contributed by atoms with Crippen LogP contribution >= 0.6 is 0 Å². The van der Waals surface area contributed by atoms with Crippen LogP contribution in [-0.2, 0) is 16.4 Å². The van der Waals surface area contributed by atoms with Gasteiger partial charge in [0.15, 0.2) is 5.37 Å². The molecule has 0 amide bonds. The molecule has 0 heterocycles. The van der Waals surface area contributed by atoms with Gasteiger partial charge in [0, 0.05) is 0 Å². The lowest BCUT2D eigenvalue weighted by Gasteiger charge is -2.15. The van der Waals surface area contributed by atoms with Crippen molar-refractivity contribution in [2.24, 2.45) is 4.99 Å². The minimum Gasteiger partial charge on any atom is -0.489 e. The largest absolute Gasteiger partial charge is 0.489 e. The molecular weight excluding hydrogens is 358 g/mol. The molecule has 0 aliphatic carbocycles. The highest BCUT2D eigenvalue weighted by atomic mass is 32.2. The van der Waals surface area contributed by atoms with Crippen LogP contribution in [0.25, 0.3) is 0 Å². The molecular formula is C22H21NO3S. The Morgan fingerprint density at radius 3 is 2.15 bits per heavy atom. The molecule has 1 atom stereocenters. The van der Waals surface area contributed by atoms with Gasteiger partial charge in [0.2, 0.25) is 9.84 Å². The summed E-state index contributed by atoms with van der Waals surface area (Å²) >= 11 is 0. The quantitative estimate of drug-likeness (QED) is 0.557. The maximum absolute atomic E-state index is 12.9. The van der Waals surface area contributed by atoms with E-state index in [9.17, 15) is 8.42 Å². The Bertz CT molecular complexity index is 996. The van der Waals surface area contributed by atoms with Gasteiger partial charge in [-0.3, -0.25) is 4.99 Å². The zero-order valence-electron chi connectivity index (χ0n) is 15.1. The van der Waals surface area contributed by atoms with E-state index in [1.165, 1.54) is 0 Å². The first-order valence-electron chi connectivity index (χ1n) is 8.54. The first-order valence-corrected chi connectivity index (χ1v) is 10.1. The molecule has 0 aromatic heterocycles. The highest BCUT2D eigenvalue weighted by Gasteiger charge is 2.27. The van der Waals surface area contributed by atoms with Crippen molar-refractivity contribution in [1.82, 2.24) is 0 Å². The predicted octanol–water partition coefficient (Wildman–Crippen LogP) is 4.75. The lowest BCUT2D eigenvalue weighted by molar-refractivity contribution is 0.306. The Kier molecular flexibility index (Phi) is 5.72. The van der Waals surface area contributed by atoms with E-state index >= 15 is 0 Å². The van der Waals surface area contributed by atoms with Gasteiger partial charge in [0.05, 0.1) is 4.90 Å². The normalized spacial score (nSPS) is 12.3. The topological polar surface area (TPSA) is 55.7 Å². The van der Waals surface area contributed by atoms with E-state index in [4.69, 9.17) is 4.74 Å². The second-order valence-corrected chi connectivity index (χ2v) is 8.24. The smallest absolute Gasteiger partial charge is 0.205 e. The monoisotopic (exact) mass is 379 g/mol. The fourth-order valence-electron chi connectivity index (χ4n) is 2.71. The standard InChI is InChI=1S/C22H21NO3S/c1-17-8-14-21(15-9-17)27(24,25)22(23-2)19-10-12-20(13-11-19)26-16-18-6-4-3-5-7-18/h3-15,22H,2,16H2,1H3. The highest BCUT2D eigenvalue weighted by Crippen LogP contribution is 2.31. The van der Waals surface area contributed by atoms with Gasteiger partial charge >= 0.3 is 0 Å². The van der Waals surface area contributed by atoms with Crippen LogP contribution in [0.3, 0.4) is 0 Å². The van der Waals surface area contributed by atoms with Crippen molar-refractivity contribution >= 4 is 16.6 Å². The van der Waals surface area contributed by atoms with Crippen molar-refractivity contribution in [3.8, 4) is 5.75 Å². The predicted molar refractivity (Wildman–Crippen MR) is 108 cm³/mol. The Balaban J connectivity index is 1.77. The van der Waals surface area contributed by atoms with Gasteiger partial charge in [-0.15, -0.1) is 0 Å². The average Bonchev–Trinajstić information content (AvgIpc) is 2.69. The van der Waals surface area contributed by atoms with Crippen molar-refractivity contribution in [1.29, 1.82) is 0 Å². The lowest BCUT2D eigenvalue weighted by atomic mass is 10.2. The summed E-state index contributed by atoms with van der Waals surface area (Å²) in [5.41, 5.74) is 2.61. The molecule has 0 spiro atoms. The molecule has 0 aliphatic heterocycles. The maximum Gasteiger partial charge on any atom is 0.205 e. The van der Waals surface area contributed by atoms with Crippen LogP contribution in [0.15, 0.2) is 88.8 Å². The van der Waals surface area contributed by atoms with Gasteiger partial charge in [-0.25, -0.2) is 8.42 Å². The number of ether oxygens (including phenoxy) is 1. The summed E-state index contributed by atoms with van der Waals surface area (Å²) in [6, 6.07) is 23.5. The fourth-order valence-corrected chi connectivity index (χ4v) is 4.19. The van der Waals surface area contributed by atoms with Gasteiger partial charge < -0.3 is 4.74 Å². The Hall–Kier alpha value is -2.92. The average molecular weight is 379 g/mol. The van der Waals surface area contributed by atoms with E-state index in [1.54, 1.807) is 48.5 Å². The molecule has 3 aromatic carbocycles. The van der Waals surface area contributed by atoms with Crippen LogP contribution in [-0.4, -0.2) is 15.1 Å². The number of hydrogen-bond acceptors (Lipinski definition) is 4. The van der Waals surface area contributed by atoms with Crippen molar-refractivity contribution < 1.29 is 13.2 Å². The van der Waals surface area contributed by atoms with Crippen LogP contribution in [0.5, 0.6) is 5.75 Å². The minimum atomic E-state index is -3.66. The van der Waals surface area contributed by atoms with E-state index in [-0.39, 0.29) is 4.90 Å². The van der Waals surface area contributed by atoms with Gasteiger partial charge in [-0.1, -0.05) is 60.2 Å². The third-order valence-corrected chi connectivity index (χ3v) is 6.16. The number of nitrogens with zero attached hydrogens (tertiary/aromatic N) is 1. The summed E-state index contributed by atoms with van der Waals surface area (Å²) < 4.78 is 31.6. The van der Waals surface area contributed by atoms with Crippen LogP contribution in [0.1, 0.15) is 22.1 Å². The molecule has 138 valence electrons. The molecule has 0 N–H and O–H groups in total. The van der Waals surface area contributed by atoms with Crippen LogP contribution < -0.4 is 4.74 Å². The van der Waals surface area contributed by atoms with Crippen LogP contribution in [0.2, 0.25) is 0 Å². The SMILES string of the molecule is C=NC(c1ccc(OCc2ccccc2)cc1)S(=O)(=O)c1ccc(C)cc1. The number of aliphatic imine (C=N–C) groups is 1. The third kappa shape index (κ3) is 4.44. The van der Waals surface area contributed by atoms with Crippen molar-refractivity contribution in [3.63, 3.8) is 0 Å². The first-order chi connectivity index (χ1) is 13.0. The summed E-state index contributed by atoms with van der Waals surface area (Å²) in [5, 5.41) is -1.05. The van der Waals surface area contributed by atoms with Crippen LogP contribution in [0, 0.1) is 6.92 Å². The summed E-state index contributed by atoms with van der Waals surface area (Å²) in [6.07, 6.45) is 0. The zero-order chi connectivity index (χ0) is 19.3. The Labute approximate surface area is 160 Å². The van der Waals surface area contributed by atoms with E-state index in [2.05, 4.69) is 11.7 Å². The summed E-state index contributed by atoms with van der Waals surface area (Å²) in [4.78, 5) is 4.10. The molecule has 3 aromatic rings. The second-order valence-electron chi connectivity index (χ2n) is 6.24. The van der Waals surface area contributed by atoms with Crippen molar-refractivity contribution in [2.45, 2.75) is 23.8 Å². The minimum absolute atomic E-state index is 0.231. The number of rotatable bonds is 7. The van der Waals surface area contributed by atoms with Crippen molar-refractivity contribution in [2.75, 3.05) is 0 Å². The molecule has 0 saturated carbocycles. The molecule has 4 nitrogen and oxygen atoms in total. The Morgan fingerprint density at radius 2 is 1.56 bits per heavy atom. The summed E-state index contributed by atoms with van der Waals surface area (Å²) in [6.45, 7) is 5.84. The first kappa shape index (κ1) is 18.9. The number of benzene rings is 3. The van der Waals surface area contributed by atoms with Crippen LogP contribution in [0.4, 0.5) is 0 Å². The van der Waals surface area contributed by atoms with Gasteiger partial charge in [0.25, 0.3) is 0 Å². The molecule has 0 bridgehead atoms. The molecule has 3 rings (SSSR count). The lowest BCUT2D eigenvalue weighted by Crippen LogP contribution is -2.12. The third-order valence-electron chi connectivity index (χ3n) is 4.22. The summed E-state index contributed by atoms with van der Waals surface area (Å²) in [5.74, 6) is 0.665. The maximum atomic E-state index is 12.9. The van der Waals surface area contributed by atoms with Gasteiger partial charge in [-0.05, 0) is 49.0 Å². The number of sulfone groups is 1. The van der Waals surface area contributed by atoms with E-state index < -0.39 is 15.2 Å². The molecule has 0 aliphatic rings.